The second-order valence-electron chi connectivity index (χ2n) is 11.0. The molecular formula is C33H35F3N6O4. The fraction of sp³-hybridized carbons (Fsp3) is 0.333. The third-order valence-electron chi connectivity index (χ3n) is 7.87. The zero-order valence-electron chi connectivity index (χ0n) is 26.0. The molecule has 4 aromatic rings. The molecular weight excluding hydrogens is 601 g/mol. The average Bonchev–Trinajstić information content (AvgIpc) is 3.02. The molecule has 0 bridgehead atoms. The lowest BCUT2D eigenvalue weighted by Crippen LogP contribution is -2.45. The summed E-state index contributed by atoms with van der Waals surface area (Å²) >= 11 is 0. The Kier molecular flexibility index (Phi) is 9.73. The molecule has 10 nitrogen and oxygen atoms in total. The first kappa shape index (κ1) is 32.6. The molecule has 242 valence electrons. The molecule has 1 fully saturated rings. The summed E-state index contributed by atoms with van der Waals surface area (Å²) in [5.74, 6) is -0.0153. The van der Waals surface area contributed by atoms with Crippen LogP contribution in [0.2, 0.25) is 0 Å². The predicted molar refractivity (Wildman–Crippen MR) is 168 cm³/mol. The third-order valence-corrected chi connectivity index (χ3v) is 7.87. The molecule has 13 heteroatoms. The molecule has 0 radical (unpaired) electrons. The van der Waals surface area contributed by atoms with E-state index in [1.54, 1.807) is 31.2 Å². The summed E-state index contributed by atoms with van der Waals surface area (Å²) in [5.41, 5.74) is 1.20. The number of fused-ring (bicyclic) bond motifs is 1. The Morgan fingerprint density at radius 1 is 0.935 bits per heavy atom. The van der Waals surface area contributed by atoms with Crippen molar-refractivity contribution in [3.8, 4) is 17.4 Å². The Bertz CT molecular complexity index is 1760. The summed E-state index contributed by atoms with van der Waals surface area (Å²) in [7, 11) is 1.46. The first-order valence-corrected chi connectivity index (χ1v) is 14.8. The lowest BCUT2D eigenvalue weighted by molar-refractivity contribution is -0.138. The molecule has 0 aliphatic carbocycles. The molecule has 2 heterocycles. The minimum absolute atomic E-state index is 0.0313. The monoisotopic (exact) mass is 636 g/mol. The van der Waals surface area contributed by atoms with Gasteiger partial charge >= 0.3 is 6.18 Å². The smallest absolute Gasteiger partial charge is 0.416 e. The highest BCUT2D eigenvalue weighted by molar-refractivity contribution is 6.04. The van der Waals surface area contributed by atoms with Gasteiger partial charge in [-0.2, -0.15) is 13.2 Å². The number of carbonyl (C=O) groups is 2. The van der Waals surface area contributed by atoms with Crippen molar-refractivity contribution in [1.82, 2.24) is 19.8 Å². The van der Waals surface area contributed by atoms with E-state index < -0.39 is 17.6 Å². The van der Waals surface area contributed by atoms with Crippen LogP contribution >= 0.6 is 0 Å². The van der Waals surface area contributed by atoms with E-state index >= 15 is 0 Å². The van der Waals surface area contributed by atoms with Crippen LogP contribution in [0.3, 0.4) is 0 Å². The second-order valence-corrected chi connectivity index (χ2v) is 11.0. The molecule has 3 aromatic carbocycles. The van der Waals surface area contributed by atoms with Gasteiger partial charge in [0.2, 0.25) is 11.8 Å². The number of aryl methyl sites for hydroxylation is 1. The molecule has 5 rings (SSSR count). The highest BCUT2D eigenvalue weighted by Gasteiger charge is 2.34. The van der Waals surface area contributed by atoms with Gasteiger partial charge in [-0.1, -0.05) is 19.1 Å². The highest BCUT2D eigenvalue weighted by atomic mass is 19.4. The quantitative estimate of drug-likeness (QED) is 0.227. The van der Waals surface area contributed by atoms with Crippen molar-refractivity contribution in [1.29, 1.82) is 0 Å². The fourth-order valence-corrected chi connectivity index (χ4v) is 5.32. The SMILES string of the molecule is CCN1CCN(Cc2ccc(NC(=O)c3ccc(C)c(Oc4ncnc5cc(NC(C)=O)c(OC)cc45)c3)cc2C(F)(F)F)CC1. The van der Waals surface area contributed by atoms with Gasteiger partial charge in [0.15, 0.2) is 0 Å². The molecule has 2 amide bonds. The van der Waals surface area contributed by atoms with Crippen LogP contribution in [0.5, 0.6) is 17.4 Å². The summed E-state index contributed by atoms with van der Waals surface area (Å²) in [4.78, 5) is 37.7. The maximum atomic E-state index is 14.1. The Morgan fingerprint density at radius 2 is 1.67 bits per heavy atom. The summed E-state index contributed by atoms with van der Waals surface area (Å²) in [6.07, 6.45) is -3.28. The van der Waals surface area contributed by atoms with Crippen LogP contribution in [0.15, 0.2) is 54.9 Å². The summed E-state index contributed by atoms with van der Waals surface area (Å²) in [5, 5.41) is 5.79. The van der Waals surface area contributed by atoms with E-state index in [0.29, 0.717) is 46.7 Å². The van der Waals surface area contributed by atoms with Crippen molar-refractivity contribution < 1.29 is 32.2 Å². The molecule has 1 aliphatic rings. The maximum Gasteiger partial charge on any atom is 0.416 e. The Labute approximate surface area is 264 Å². The number of nitrogens with zero attached hydrogens (tertiary/aromatic N) is 4. The number of methoxy groups -OCH3 is 1. The Morgan fingerprint density at radius 3 is 2.35 bits per heavy atom. The van der Waals surface area contributed by atoms with Crippen LogP contribution in [-0.2, 0) is 17.5 Å². The van der Waals surface area contributed by atoms with Crippen molar-refractivity contribution in [2.45, 2.75) is 33.5 Å². The van der Waals surface area contributed by atoms with E-state index in [4.69, 9.17) is 9.47 Å². The standard InChI is InChI=1S/C33H35F3N6O4/c1-5-41-10-12-42(13-11-41)18-23-8-9-24(15-26(23)33(34,35)36)40-31(44)22-7-6-20(2)29(14-22)46-32-25-16-30(45-4)28(39-21(3)43)17-27(25)37-19-38-32/h6-9,14-17,19H,5,10-13,18H2,1-4H3,(H,39,43)(H,40,44). The summed E-state index contributed by atoms with van der Waals surface area (Å²) in [6.45, 7) is 9.34. The molecule has 0 spiro atoms. The second kappa shape index (κ2) is 13.7. The number of piperazine rings is 1. The first-order valence-electron chi connectivity index (χ1n) is 14.8. The maximum absolute atomic E-state index is 14.1. The first-order chi connectivity index (χ1) is 21.9. The van der Waals surface area contributed by atoms with E-state index in [2.05, 4.69) is 32.4 Å². The van der Waals surface area contributed by atoms with E-state index in [9.17, 15) is 22.8 Å². The Hall–Kier alpha value is -4.75. The average molecular weight is 637 g/mol. The molecule has 46 heavy (non-hydrogen) atoms. The van der Waals surface area contributed by atoms with Crippen molar-refractivity contribution in [3.63, 3.8) is 0 Å². The number of benzene rings is 3. The molecule has 0 unspecified atom stereocenters. The molecule has 1 saturated heterocycles. The molecule has 0 atom stereocenters. The van der Waals surface area contributed by atoms with Gasteiger partial charge in [-0.05, 0) is 61.0 Å². The van der Waals surface area contributed by atoms with Gasteiger partial charge in [0.25, 0.3) is 5.91 Å². The number of ether oxygens (including phenoxy) is 2. The summed E-state index contributed by atoms with van der Waals surface area (Å²) in [6, 6.07) is 11.9. The van der Waals surface area contributed by atoms with Crippen LogP contribution < -0.4 is 20.1 Å². The molecule has 1 aromatic heterocycles. The number of rotatable bonds is 9. The van der Waals surface area contributed by atoms with Crippen molar-refractivity contribution in [2.24, 2.45) is 0 Å². The Balaban J connectivity index is 1.36. The minimum atomic E-state index is -4.59. The third kappa shape index (κ3) is 7.54. The largest absolute Gasteiger partial charge is 0.495 e. The van der Waals surface area contributed by atoms with Crippen LogP contribution in [0, 0.1) is 6.92 Å². The number of likely N-dealkylation sites (N-methyl/N-ethyl adjacent to an activating group) is 1. The van der Waals surface area contributed by atoms with Crippen LogP contribution in [0.25, 0.3) is 10.9 Å². The van der Waals surface area contributed by atoms with Crippen molar-refractivity contribution in [3.05, 3.63) is 77.1 Å². The molecule has 1 aliphatic heterocycles. The lowest BCUT2D eigenvalue weighted by Gasteiger charge is -2.34. The van der Waals surface area contributed by atoms with Gasteiger partial charge in [-0.15, -0.1) is 0 Å². The fourth-order valence-electron chi connectivity index (χ4n) is 5.32. The van der Waals surface area contributed by atoms with Gasteiger partial charge in [0, 0.05) is 50.9 Å². The van der Waals surface area contributed by atoms with Gasteiger partial charge in [-0.3, -0.25) is 14.5 Å². The molecule has 2 N–H and O–H groups in total. The van der Waals surface area contributed by atoms with Crippen molar-refractivity contribution in [2.75, 3.05) is 50.5 Å². The zero-order chi connectivity index (χ0) is 33.0. The number of amides is 2. The summed E-state index contributed by atoms with van der Waals surface area (Å²) < 4.78 is 53.9. The van der Waals surface area contributed by atoms with Crippen LogP contribution in [-0.4, -0.2) is 71.4 Å². The van der Waals surface area contributed by atoms with Gasteiger partial charge in [0.05, 0.1) is 29.3 Å². The number of hydrogen-bond donors (Lipinski definition) is 2. The topological polar surface area (TPSA) is 109 Å². The zero-order valence-corrected chi connectivity index (χ0v) is 26.0. The predicted octanol–water partition coefficient (Wildman–Crippen LogP) is 6.11. The number of halogens is 3. The van der Waals surface area contributed by atoms with Gasteiger partial charge < -0.3 is 25.0 Å². The number of carbonyl (C=O) groups excluding carboxylic acids is 2. The number of alkyl halides is 3. The van der Waals surface area contributed by atoms with Crippen LogP contribution in [0.4, 0.5) is 24.5 Å². The van der Waals surface area contributed by atoms with E-state index in [1.807, 2.05) is 4.90 Å². The van der Waals surface area contributed by atoms with E-state index in [1.165, 1.54) is 38.6 Å². The molecule has 0 saturated carbocycles. The normalized spacial score (nSPS) is 14.2. The van der Waals surface area contributed by atoms with Gasteiger partial charge in [0.1, 0.15) is 17.8 Å². The van der Waals surface area contributed by atoms with Crippen molar-refractivity contribution >= 4 is 34.1 Å². The number of aromatic nitrogens is 2. The minimum Gasteiger partial charge on any atom is -0.495 e. The number of nitrogens with one attached hydrogen (secondary N) is 2. The van der Waals surface area contributed by atoms with E-state index in [-0.39, 0.29) is 35.1 Å². The lowest BCUT2D eigenvalue weighted by atomic mass is 10.0. The van der Waals surface area contributed by atoms with Crippen LogP contribution in [0.1, 0.15) is 40.9 Å². The number of hydrogen-bond acceptors (Lipinski definition) is 8. The van der Waals surface area contributed by atoms with E-state index in [0.717, 1.165) is 25.7 Å². The number of anilines is 2. The van der Waals surface area contributed by atoms with Gasteiger partial charge in [-0.25, -0.2) is 9.97 Å². The highest BCUT2D eigenvalue weighted by Crippen LogP contribution is 2.37.